The van der Waals surface area contributed by atoms with Gasteiger partial charge in [0.25, 0.3) is 17.0 Å². The lowest BCUT2D eigenvalue weighted by Crippen LogP contribution is -2.62. The predicted octanol–water partition coefficient (Wildman–Crippen LogP) is 5.18. The maximum atomic E-state index is 13.8. The lowest BCUT2D eigenvalue weighted by atomic mass is 9.80. The second-order valence-electron chi connectivity index (χ2n) is 11.3. The number of thioether (sulfide) groups is 1. The smallest absolute Gasteiger partial charge is 0.286 e. The number of carbonyl (C=O) groups excluding carboxylic acids is 3. The third kappa shape index (κ3) is 7.90. The molecule has 2 N–H and O–H groups in total. The zero-order valence-corrected chi connectivity index (χ0v) is 23.6. The minimum Gasteiger partial charge on any atom is -0.408 e. The molecule has 37 heavy (non-hydrogen) atoms. The fourth-order valence-electron chi connectivity index (χ4n) is 4.53. The number of hydrogen-bond donors (Lipinski definition) is 2. The average Bonchev–Trinajstić information content (AvgIpc) is 3.19. The van der Waals surface area contributed by atoms with E-state index in [1.54, 1.807) is 12.2 Å². The SMILES string of the molecule is CC(C)C[C@H](NC(=O)C1(NC(=O)C2=CC=CC(C)(C)C=C2)CCCCC1)C(=O)c1nnc(SC(C)C)o1. The Kier molecular flexibility index (Phi) is 9.56. The molecule has 2 aliphatic carbocycles. The summed E-state index contributed by atoms with van der Waals surface area (Å²) in [5, 5.41) is 14.5. The van der Waals surface area contributed by atoms with Crippen LogP contribution >= 0.6 is 11.8 Å². The number of carbonyl (C=O) groups is 3. The molecule has 202 valence electrons. The van der Waals surface area contributed by atoms with Crippen molar-refractivity contribution in [2.45, 2.75) is 102 Å². The van der Waals surface area contributed by atoms with Gasteiger partial charge in [0.1, 0.15) is 5.54 Å². The van der Waals surface area contributed by atoms with Crippen LogP contribution < -0.4 is 10.6 Å². The number of aromatic nitrogens is 2. The Labute approximate surface area is 224 Å². The van der Waals surface area contributed by atoms with Crippen molar-refractivity contribution in [3.8, 4) is 0 Å². The Morgan fingerprint density at radius 3 is 2.41 bits per heavy atom. The summed E-state index contributed by atoms with van der Waals surface area (Å²) in [6.07, 6.45) is 13.5. The molecule has 1 atom stereocenters. The topological polar surface area (TPSA) is 114 Å². The molecule has 0 saturated heterocycles. The van der Waals surface area contributed by atoms with E-state index >= 15 is 0 Å². The van der Waals surface area contributed by atoms with Gasteiger partial charge in [-0.05, 0) is 31.3 Å². The minimum absolute atomic E-state index is 0.112. The molecule has 1 fully saturated rings. The van der Waals surface area contributed by atoms with Crippen molar-refractivity contribution < 1.29 is 18.8 Å². The van der Waals surface area contributed by atoms with Gasteiger partial charge in [-0.2, -0.15) is 0 Å². The Balaban J connectivity index is 1.81. The summed E-state index contributed by atoms with van der Waals surface area (Å²) in [5.74, 6) is -1.03. The molecule has 2 amide bonds. The highest BCUT2D eigenvalue weighted by atomic mass is 32.2. The van der Waals surface area contributed by atoms with E-state index in [9.17, 15) is 14.4 Å². The highest BCUT2D eigenvalue weighted by Gasteiger charge is 2.43. The zero-order valence-electron chi connectivity index (χ0n) is 22.8. The summed E-state index contributed by atoms with van der Waals surface area (Å²) in [6.45, 7) is 12.1. The van der Waals surface area contributed by atoms with Crippen molar-refractivity contribution in [1.29, 1.82) is 0 Å². The van der Waals surface area contributed by atoms with Gasteiger partial charge in [-0.3, -0.25) is 14.4 Å². The van der Waals surface area contributed by atoms with Crippen LogP contribution in [0.15, 0.2) is 45.6 Å². The number of allylic oxidation sites excluding steroid dienone is 4. The Morgan fingerprint density at radius 2 is 1.76 bits per heavy atom. The maximum absolute atomic E-state index is 13.8. The minimum atomic E-state index is -1.08. The zero-order chi connectivity index (χ0) is 27.2. The Bertz CT molecular complexity index is 1080. The molecule has 0 aromatic carbocycles. The molecule has 1 aromatic heterocycles. The Hall–Kier alpha value is -2.68. The first-order chi connectivity index (χ1) is 17.4. The molecule has 8 nitrogen and oxygen atoms in total. The van der Waals surface area contributed by atoms with E-state index in [1.165, 1.54) is 11.8 Å². The van der Waals surface area contributed by atoms with E-state index in [0.717, 1.165) is 19.3 Å². The van der Waals surface area contributed by atoms with Crippen molar-refractivity contribution in [3.05, 3.63) is 41.8 Å². The quantitative estimate of drug-likeness (QED) is 0.318. The molecule has 1 heterocycles. The normalized spacial score (nSPS) is 19.3. The number of nitrogens with one attached hydrogen (secondary N) is 2. The second-order valence-corrected chi connectivity index (χ2v) is 12.8. The maximum Gasteiger partial charge on any atom is 0.286 e. The van der Waals surface area contributed by atoms with Gasteiger partial charge in [-0.1, -0.05) is 96.9 Å². The third-order valence-corrected chi connectivity index (χ3v) is 7.37. The van der Waals surface area contributed by atoms with Gasteiger partial charge >= 0.3 is 0 Å². The third-order valence-electron chi connectivity index (χ3n) is 6.53. The van der Waals surface area contributed by atoms with Crippen LogP contribution in [0.4, 0.5) is 0 Å². The van der Waals surface area contributed by atoms with Crippen molar-refractivity contribution in [2.75, 3.05) is 0 Å². The fraction of sp³-hybridized carbons (Fsp3) is 0.607. The molecule has 3 rings (SSSR count). The van der Waals surface area contributed by atoms with Crippen LogP contribution in [0.3, 0.4) is 0 Å². The van der Waals surface area contributed by atoms with Crippen molar-refractivity contribution in [2.24, 2.45) is 11.3 Å². The van der Waals surface area contributed by atoms with E-state index in [0.29, 0.717) is 30.1 Å². The summed E-state index contributed by atoms with van der Waals surface area (Å²) in [6, 6.07) is -0.832. The first-order valence-corrected chi connectivity index (χ1v) is 14.1. The van der Waals surface area contributed by atoms with Crippen LogP contribution in [0.25, 0.3) is 0 Å². The molecule has 0 radical (unpaired) electrons. The molecular formula is C28H40N4O4S. The number of amides is 2. The molecule has 0 bridgehead atoms. The summed E-state index contributed by atoms with van der Waals surface area (Å²) in [7, 11) is 0. The number of rotatable bonds is 10. The van der Waals surface area contributed by atoms with Crippen LogP contribution in [0, 0.1) is 11.3 Å². The Morgan fingerprint density at radius 1 is 1.05 bits per heavy atom. The molecule has 0 unspecified atom stereocenters. The summed E-state index contributed by atoms with van der Waals surface area (Å²) >= 11 is 1.38. The standard InChI is InChI=1S/C28H40N4O4S/c1-18(2)17-21(22(33)24-31-32-26(36-24)37-19(3)4)29-25(35)28(14-8-7-9-15-28)30-23(34)20-11-10-13-27(5,6)16-12-20/h10-13,16,18-19,21H,7-9,14-15,17H2,1-6H3,(H,29,35)(H,30,34)/t21-/m0/s1. The molecule has 2 aliphatic rings. The summed E-state index contributed by atoms with van der Waals surface area (Å²) in [4.78, 5) is 40.4. The van der Waals surface area contributed by atoms with E-state index in [2.05, 4.69) is 34.7 Å². The van der Waals surface area contributed by atoms with Crippen molar-refractivity contribution >= 4 is 29.4 Å². The number of nitrogens with zero attached hydrogens (tertiary/aromatic N) is 2. The van der Waals surface area contributed by atoms with Crippen LogP contribution in [-0.4, -0.2) is 44.6 Å². The van der Waals surface area contributed by atoms with E-state index in [1.807, 2.05) is 45.9 Å². The molecule has 9 heteroatoms. The van der Waals surface area contributed by atoms with Gasteiger partial charge in [0.05, 0.1) is 6.04 Å². The number of Topliss-reactive ketones (excluding diaryl/α,β-unsaturated/α-hetero) is 1. The number of hydrogen-bond acceptors (Lipinski definition) is 7. The first kappa shape index (κ1) is 28.9. The van der Waals surface area contributed by atoms with Gasteiger partial charge < -0.3 is 15.1 Å². The molecule has 0 aliphatic heterocycles. The van der Waals surface area contributed by atoms with Gasteiger partial charge in [-0.15, -0.1) is 10.2 Å². The average molecular weight is 529 g/mol. The highest BCUT2D eigenvalue weighted by Crippen LogP contribution is 2.30. The van der Waals surface area contributed by atoms with Gasteiger partial charge in [0.2, 0.25) is 11.7 Å². The monoisotopic (exact) mass is 528 g/mol. The summed E-state index contributed by atoms with van der Waals surface area (Å²) < 4.78 is 5.59. The first-order valence-electron chi connectivity index (χ1n) is 13.2. The molecule has 1 aromatic rings. The van der Waals surface area contributed by atoms with Crippen LogP contribution in [0.5, 0.6) is 0 Å². The largest absolute Gasteiger partial charge is 0.408 e. The lowest BCUT2D eigenvalue weighted by Gasteiger charge is -2.37. The van der Waals surface area contributed by atoms with Crippen LogP contribution in [0.2, 0.25) is 0 Å². The molecule has 1 saturated carbocycles. The predicted molar refractivity (Wildman–Crippen MR) is 145 cm³/mol. The van der Waals surface area contributed by atoms with E-state index < -0.39 is 17.4 Å². The van der Waals surface area contributed by atoms with Gasteiger partial charge in [0, 0.05) is 16.2 Å². The number of ketones is 1. The fourth-order valence-corrected chi connectivity index (χ4v) is 5.15. The lowest BCUT2D eigenvalue weighted by molar-refractivity contribution is -0.134. The molecular weight excluding hydrogens is 488 g/mol. The van der Waals surface area contributed by atoms with Crippen molar-refractivity contribution in [1.82, 2.24) is 20.8 Å². The molecule has 0 spiro atoms. The van der Waals surface area contributed by atoms with Gasteiger partial charge in [0.15, 0.2) is 0 Å². The van der Waals surface area contributed by atoms with E-state index in [-0.39, 0.29) is 34.3 Å². The van der Waals surface area contributed by atoms with Gasteiger partial charge in [-0.25, -0.2) is 0 Å². The second kappa shape index (κ2) is 12.2. The van der Waals surface area contributed by atoms with Crippen LogP contribution in [-0.2, 0) is 9.59 Å². The van der Waals surface area contributed by atoms with Crippen molar-refractivity contribution in [3.63, 3.8) is 0 Å². The summed E-state index contributed by atoms with van der Waals surface area (Å²) in [5.41, 5.74) is -0.751. The highest BCUT2D eigenvalue weighted by molar-refractivity contribution is 7.99. The van der Waals surface area contributed by atoms with E-state index in [4.69, 9.17) is 4.42 Å². The van der Waals surface area contributed by atoms with Crippen LogP contribution in [0.1, 0.15) is 90.8 Å².